The number of hydrogen-bond acceptors (Lipinski definition) is 4. The van der Waals surface area contributed by atoms with Crippen LogP contribution in [0.25, 0.3) is 11.0 Å². The van der Waals surface area contributed by atoms with Crippen LogP contribution in [0, 0.1) is 5.41 Å². The normalized spacial score (nSPS) is 15.0. The standard InChI is InChI=1S/C26H44N4O2/c1-2-3-4-5-6-7-8-9-10-13-20-32-23-30-25-15-12-11-14-24(25)29(26(30)27)17-16-28-18-21-31-22-19-28/h11-12,14-15,27H,2-10,13,16-23H2,1H3. The van der Waals surface area contributed by atoms with Crippen molar-refractivity contribution in [2.24, 2.45) is 0 Å². The Bertz CT molecular complexity index is 823. The summed E-state index contributed by atoms with van der Waals surface area (Å²) >= 11 is 0. The molecule has 1 aliphatic rings. The molecule has 0 spiro atoms. The summed E-state index contributed by atoms with van der Waals surface area (Å²) in [5, 5.41) is 8.75. The van der Waals surface area contributed by atoms with Crippen molar-refractivity contribution in [1.82, 2.24) is 14.0 Å². The third-order valence-electron chi connectivity index (χ3n) is 6.58. The lowest BCUT2D eigenvalue weighted by molar-refractivity contribution is 0.0362. The molecule has 1 saturated heterocycles. The molecule has 0 amide bonds. The Labute approximate surface area is 194 Å². The van der Waals surface area contributed by atoms with Gasteiger partial charge in [0.1, 0.15) is 6.73 Å². The van der Waals surface area contributed by atoms with Crippen LogP contribution >= 0.6 is 0 Å². The first-order valence-corrected chi connectivity index (χ1v) is 12.9. The van der Waals surface area contributed by atoms with Gasteiger partial charge in [0, 0.05) is 32.8 Å². The first kappa shape index (κ1) is 25.0. The van der Waals surface area contributed by atoms with Crippen LogP contribution in [0.1, 0.15) is 71.1 Å². The Morgan fingerprint density at radius 2 is 1.41 bits per heavy atom. The van der Waals surface area contributed by atoms with Gasteiger partial charge in [-0.25, -0.2) is 0 Å². The molecule has 3 rings (SSSR count). The number of imidazole rings is 1. The molecule has 6 heteroatoms. The second-order valence-corrected chi connectivity index (χ2v) is 9.07. The van der Waals surface area contributed by atoms with E-state index in [1.807, 2.05) is 10.6 Å². The lowest BCUT2D eigenvalue weighted by atomic mass is 10.1. The Morgan fingerprint density at radius 3 is 2.06 bits per heavy atom. The molecule has 0 aliphatic carbocycles. The van der Waals surface area contributed by atoms with E-state index >= 15 is 0 Å². The van der Waals surface area contributed by atoms with Gasteiger partial charge in [0.15, 0.2) is 0 Å². The maximum Gasteiger partial charge on any atom is 0.204 e. The number of hydrogen-bond donors (Lipinski definition) is 1. The van der Waals surface area contributed by atoms with Crippen LogP contribution in [-0.2, 0) is 22.7 Å². The van der Waals surface area contributed by atoms with E-state index < -0.39 is 0 Å². The molecule has 0 atom stereocenters. The molecule has 0 saturated carbocycles. The van der Waals surface area contributed by atoms with Crippen LogP contribution in [0.5, 0.6) is 0 Å². The van der Waals surface area contributed by atoms with Crippen LogP contribution < -0.4 is 5.62 Å². The molecule has 0 unspecified atom stereocenters. The molecular formula is C26H44N4O2. The van der Waals surface area contributed by atoms with E-state index in [4.69, 9.17) is 14.9 Å². The summed E-state index contributed by atoms with van der Waals surface area (Å²) in [4.78, 5) is 2.42. The number of nitrogens with one attached hydrogen (secondary N) is 1. The summed E-state index contributed by atoms with van der Waals surface area (Å²) in [7, 11) is 0. The molecule has 2 aromatic rings. The van der Waals surface area contributed by atoms with Gasteiger partial charge in [-0.3, -0.25) is 14.9 Å². The molecule has 1 aliphatic heterocycles. The highest BCUT2D eigenvalue weighted by Crippen LogP contribution is 2.14. The van der Waals surface area contributed by atoms with Gasteiger partial charge in [-0.05, 0) is 18.6 Å². The first-order chi connectivity index (χ1) is 15.8. The van der Waals surface area contributed by atoms with E-state index in [0.29, 0.717) is 12.3 Å². The summed E-state index contributed by atoms with van der Waals surface area (Å²) < 4.78 is 15.6. The highest BCUT2D eigenvalue weighted by atomic mass is 16.5. The van der Waals surface area contributed by atoms with Crippen molar-refractivity contribution in [2.75, 3.05) is 39.5 Å². The average Bonchev–Trinajstić information content (AvgIpc) is 3.09. The number of aromatic nitrogens is 2. The second kappa shape index (κ2) is 14.5. The van der Waals surface area contributed by atoms with Crippen LogP contribution in [-0.4, -0.2) is 53.5 Å². The number of morpholine rings is 1. The zero-order valence-corrected chi connectivity index (χ0v) is 20.2. The smallest absolute Gasteiger partial charge is 0.204 e. The largest absolute Gasteiger partial charge is 0.379 e. The molecule has 2 heterocycles. The van der Waals surface area contributed by atoms with Gasteiger partial charge in [0.2, 0.25) is 5.62 Å². The van der Waals surface area contributed by atoms with Crippen molar-refractivity contribution in [2.45, 2.75) is 84.4 Å². The van der Waals surface area contributed by atoms with Crippen molar-refractivity contribution in [3.8, 4) is 0 Å². The van der Waals surface area contributed by atoms with Gasteiger partial charge in [-0.2, -0.15) is 0 Å². The Morgan fingerprint density at radius 1 is 0.812 bits per heavy atom. The topological polar surface area (TPSA) is 55.4 Å². The molecule has 1 N–H and O–H groups in total. The molecule has 6 nitrogen and oxygen atoms in total. The van der Waals surface area contributed by atoms with Crippen LogP contribution in [0.4, 0.5) is 0 Å². The molecule has 0 bridgehead atoms. The molecule has 180 valence electrons. The molecule has 1 aromatic heterocycles. The molecule has 1 aromatic carbocycles. The van der Waals surface area contributed by atoms with Crippen molar-refractivity contribution in [3.05, 3.63) is 29.9 Å². The summed E-state index contributed by atoms with van der Waals surface area (Å²) in [5.41, 5.74) is 2.73. The van der Waals surface area contributed by atoms with Gasteiger partial charge in [0.25, 0.3) is 0 Å². The lowest BCUT2D eigenvalue weighted by Gasteiger charge is -2.26. The first-order valence-electron chi connectivity index (χ1n) is 12.9. The Kier molecular flexibility index (Phi) is 11.3. The van der Waals surface area contributed by atoms with Crippen LogP contribution in [0.15, 0.2) is 24.3 Å². The molecule has 1 fully saturated rings. The van der Waals surface area contributed by atoms with E-state index in [1.54, 1.807) is 0 Å². The summed E-state index contributed by atoms with van der Waals surface area (Å²) in [5.74, 6) is 0. The predicted octanol–water partition coefficient (Wildman–Crippen LogP) is 5.15. The fraction of sp³-hybridized carbons (Fsp3) is 0.731. The van der Waals surface area contributed by atoms with E-state index in [0.717, 1.165) is 63.5 Å². The zero-order valence-electron chi connectivity index (χ0n) is 20.2. The minimum absolute atomic E-state index is 0.460. The second-order valence-electron chi connectivity index (χ2n) is 9.07. The SMILES string of the molecule is CCCCCCCCCCCCOCn1c(=N)n(CCN2CCOCC2)c2ccccc21. The van der Waals surface area contributed by atoms with Gasteiger partial charge in [-0.15, -0.1) is 0 Å². The minimum atomic E-state index is 0.460. The molecule has 0 radical (unpaired) electrons. The van der Waals surface area contributed by atoms with Gasteiger partial charge in [0.05, 0.1) is 24.2 Å². The van der Waals surface area contributed by atoms with E-state index in [2.05, 4.69) is 34.6 Å². The number of fused-ring (bicyclic) bond motifs is 1. The van der Waals surface area contributed by atoms with Crippen molar-refractivity contribution in [3.63, 3.8) is 0 Å². The average molecular weight is 445 g/mol. The third kappa shape index (κ3) is 7.75. The van der Waals surface area contributed by atoms with E-state index in [9.17, 15) is 0 Å². The number of ether oxygens (including phenoxy) is 2. The zero-order chi connectivity index (χ0) is 22.4. The Hall–Kier alpha value is -1.63. The van der Waals surface area contributed by atoms with Crippen molar-refractivity contribution < 1.29 is 9.47 Å². The van der Waals surface area contributed by atoms with Crippen molar-refractivity contribution in [1.29, 1.82) is 5.41 Å². The van der Waals surface area contributed by atoms with Crippen LogP contribution in [0.2, 0.25) is 0 Å². The summed E-state index contributed by atoms with van der Waals surface area (Å²) in [6.07, 6.45) is 13.3. The van der Waals surface area contributed by atoms with Gasteiger partial charge < -0.3 is 14.0 Å². The number of benzene rings is 1. The molecule has 32 heavy (non-hydrogen) atoms. The fourth-order valence-electron chi connectivity index (χ4n) is 4.57. The summed E-state index contributed by atoms with van der Waals surface area (Å²) in [6, 6.07) is 8.32. The maximum atomic E-state index is 8.75. The monoisotopic (exact) mass is 444 g/mol. The number of nitrogens with zero attached hydrogens (tertiary/aromatic N) is 3. The van der Waals surface area contributed by atoms with Gasteiger partial charge >= 0.3 is 0 Å². The lowest BCUT2D eigenvalue weighted by Crippen LogP contribution is -2.39. The predicted molar refractivity (Wildman–Crippen MR) is 131 cm³/mol. The van der Waals surface area contributed by atoms with Crippen molar-refractivity contribution >= 4 is 11.0 Å². The number of para-hydroxylation sites is 2. The minimum Gasteiger partial charge on any atom is -0.379 e. The highest BCUT2D eigenvalue weighted by Gasteiger charge is 2.14. The maximum absolute atomic E-state index is 8.75. The third-order valence-corrected chi connectivity index (χ3v) is 6.58. The summed E-state index contributed by atoms with van der Waals surface area (Å²) in [6.45, 7) is 8.87. The Balaban J connectivity index is 1.39. The van der Waals surface area contributed by atoms with E-state index in [-0.39, 0.29) is 0 Å². The molecular weight excluding hydrogens is 400 g/mol. The quantitative estimate of drug-likeness (QED) is 0.364. The van der Waals surface area contributed by atoms with E-state index in [1.165, 1.54) is 57.8 Å². The number of rotatable bonds is 16. The highest BCUT2D eigenvalue weighted by molar-refractivity contribution is 5.75. The number of unbranched alkanes of at least 4 members (excludes halogenated alkanes) is 9. The van der Waals surface area contributed by atoms with Crippen LogP contribution in [0.3, 0.4) is 0 Å². The van der Waals surface area contributed by atoms with Gasteiger partial charge in [-0.1, -0.05) is 76.8 Å². The fourth-order valence-corrected chi connectivity index (χ4v) is 4.57.